The summed E-state index contributed by atoms with van der Waals surface area (Å²) in [5.74, 6) is 0.339. The van der Waals surface area contributed by atoms with Crippen LogP contribution in [0.5, 0.6) is 0 Å². The van der Waals surface area contributed by atoms with Gasteiger partial charge in [0.25, 0.3) is 0 Å². The number of aryl methyl sites for hydroxylation is 1. The van der Waals surface area contributed by atoms with Crippen LogP contribution in [0.4, 0.5) is 5.88 Å². The lowest BCUT2D eigenvalue weighted by atomic mass is 10.1. The second-order valence-electron chi connectivity index (χ2n) is 4.51. The lowest BCUT2D eigenvalue weighted by Crippen LogP contribution is -2.17. The fourth-order valence-corrected chi connectivity index (χ4v) is 1.87. The van der Waals surface area contributed by atoms with Crippen molar-refractivity contribution in [3.63, 3.8) is 0 Å². The van der Waals surface area contributed by atoms with Crippen LogP contribution in [0.3, 0.4) is 0 Å². The molecule has 0 fully saturated rings. The predicted octanol–water partition coefficient (Wildman–Crippen LogP) is 3.35. The van der Waals surface area contributed by atoms with E-state index in [0.717, 1.165) is 0 Å². The van der Waals surface area contributed by atoms with Gasteiger partial charge in [0.1, 0.15) is 10.7 Å². The summed E-state index contributed by atoms with van der Waals surface area (Å²) in [7, 11) is 0. The highest BCUT2D eigenvalue weighted by Crippen LogP contribution is 2.18. The van der Waals surface area contributed by atoms with Crippen molar-refractivity contribution in [3.05, 3.63) is 63.4 Å². The lowest BCUT2D eigenvalue weighted by Gasteiger charge is -2.13. The van der Waals surface area contributed by atoms with Gasteiger partial charge in [-0.15, -0.1) is 0 Å². The molecule has 1 heterocycles. The number of nitrogens with zero attached hydrogens (tertiary/aromatic N) is 1. The maximum atomic E-state index is 10.5. The summed E-state index contributed by atoms with van der Waals surface area (Å²) in [4.78, 5) is 9.97. The summed E-state index contributed by atoms with van der Waals surface area (Å²) in [6, 6.07) is 11.4. The maximum absolute atomic E-state index is 10.5. The number of benzene rings is 1. The van der Waals surface area contributed by atoms with Crippen molar-refractivity contribution >= 4 is 5.88 Å². The SMILES string of the molecule is Cc1cccc([C@@H](C)NCc2ccc([N+](=O)[O-])o2)c1. The molecular weight excluding hydrogens is 244 g/mol. The van der Waals surface area contributed by atoms with Gasteiger partial charge in [0.15, 0.2) is 0 Å². The van der Waals surface area contributed by atoms with Crippen molar-refractivity contribution in [2.24, 2.45) is 0 Å². The van der Waals surface area contributed by atoms with Crippen LogP contribution in [0, 0.1) is 17.0 Å². The Bertz CT molecular complexity index is 578. The van der Waals surface area contributed by atoms with E-state index in [0.29, 0.717) is 12.3 Å². The van der Waals surface area contributed by atoms with Gasteiger partial charge in [-0.3, -0.25) is 10.1 Å². The number of furan rings is 1. The molecule has 1 aromatic heterocycles. The second-order valence-corrected chi connectivity index (χ2v) is 4.51. The second kappa shape index (κ2) is 5.67. The number of hydrogen-bond acceptors (Lipinski definition) is 4. The van der Waals surface area contributed by atoms with E-state index in [1.807, 2.05) is 26.0 Å². The molecule has 1 N–H and O–H groups in total. The quantitative estimate of drug-likeness (QED) is 0.661. The van der Waals surface area contributed by atoms with Gasteiger partial charge in [-0.25, -0.2) is 0 Å². The molecular formula is C14H16N2O3. The van der Waals surface area contributed by atoms with Crippen LogP contribution < -0.4 is 5.32 Å². The van der Waals surface area contributed by atoms with Crippen molar-refractivity contribution < 1.29 is 9.34 Å². The highest BCUT2D eigenvalue weighted by molar-refractivity contribution is 5.25. The third-order valence-electron chi connectivity index (χ3n) is 2.95. The van der Waals surface area contributed by atoms with Crippen LogP contribution in [0.15, 0.2) is 40.8 Å². The Labute approximate surface area is 111 Å². The van der Waals surface area contributed by atoms with Crippen LogP contribution in [0.2, 0.25) is 0 Å². The van der Waals surface area contributed by atoms with E-state index in [2.05, 4.69) is 17.4 Å². The van der Waals surface area contributed by atoms with Gasteiger partial charge in [-0.1, -0.05) is 29.8 Å². The summed E-state index contributed by atoms with van der Waals surface area (Å²) in [5, 5.41) is 13.8. The molecule has 0 spiro atoms. The first-order chi connectivity index (χ1) is 9.06. The number of hydrogen-bond donors (Lipinski definition) is 1. The molecule has 19 heavy (non-hydrogen) atoms. The molecule has 0 aliphatic carbocycles. The van der Waals surface area contributed by atoms with Crippen LogP contribution in [0.1, 0.15) is 29.9 Å². The van der Waals surface area contributed by atoms with Gasteiger partial charge in [0.2, 0.25) is 0 Å². The van der Waals surface area contributed by atoms with Crippen molar-refractivity contribution in [2.75, 3.05) is 0 Å². The summed E-state index contributed by atoms with van der Waals surface area (Å²) in [5.41, 5.74) is 2.39. The number of rotatable bonds is 5. The van der Waals surface area contributed by atoms with Gasteiger partial charge >= 0.3 is 5.88 Å². The zero-order valence-electron chi connectivity index (χ0n) is 10.9. The normalized spacial score (nSPS) is 12.3. The van der Waals surface area contributed by atoms with E-state index in [1.54, 1.807) is 6.07 Å². The molecule has 0 aliphatic rings. The Kier molecular flexibility index (Phi) is 3.97. The highest BCUT2D eigenvalue weighted by atomic mass is 16.6. The molecule has 2 rings (SSSR count). The van der Waals surface area contributed by atoms with E-state index in [-0.39, 0.29) is 11.9 Å². The van der Waals surface area contributed by atoms with Crippen molar-refractivity contribution in [1.29, 1.82) is 0 Å². The molecule has 1 atom stereocenters. The van der Waals surface area contributed by atoms with E-state index in [4.69, 9.17) is 4.42 Å². The van der Waals surface area contributed by atoms with Crippen LogP contribution in [-0.4, -0.2) is 4.92 Å². The maximum Gasteiger partial charge on any atom is 0.433 e. The van der Waals surface area contributed by atoms with Crippen molar-refractivity contribution in [1.82, 2.24) is 5.32 Å². The summed E-state index contributed by atoms with van der Waals surface area (Å²) in [6.07, 6.45) is 0. The molecule has 5 nitrogen and oxygen atoms in total. The Morgan fingerprint density at radius 2 is 2.16 bits per heavy atom. The summed E-state index contributed by atoms with van der Waals surface area (Å²) < 4.78 is 5.09. The average molecular weight is 260 g/mol. The van der Waals surface area contributed by atoms with Crippen LogP contribution >= 0.6 is 0 Å². The van der Waals surface area contributed by atoms with Gasteiger partial charge in [0.05, 0.1) is 12.6 Å². The Morgan fingerprint density at radius 3 is 2.79 bits per heavy atom. The molecule has 5 heteroatoms. The fraction of sp³-hybridized carbons (Fsp3) is 0.286. The average Bonchev–Trinajstić information content (AvgIpc) is 2.85. The van der Waals surface area contributed by atoms with Crippen LogP contribution in [0.25, 0.3) is 0 Å². The summed E-state index contributed by atoms with van der Waals surface area (Å²) in [6.45, 7) is 4.56. The molecule has 0 unspecified atom stereocenters. The van der Waals surface area contributed by atoms with Crippen molar-refractivity contribution in [2.45, 2.75) is 26.4 Å². The minimum absolute atomic E-state index is 0.157. The number of nitrogens with one attached hydrogen (secondary N) is 1. The van der Waals surface area contributed by atoms with Gasteiger partial charge in [-0.05, 0) is 25.5 Å². The first-order valence-electron chi connectivity index (χ1n) is 6.09. The fourth-order valence-electron chi connectivity index (χ4n) is 1.87. The van der Waals surface area contributed by atoms with Gasteiger partial charge in [0, 0.05) is 6.04 Å². The Balaban J connectivity index is 1.96. The van der Waals surface area contributed by atoms with E-state index in [9.17, 15) is 10.1 Å². The highest BCUT2D eigenvalue weighted by Gasteiger charge is 2.12. The molecule has 0 radical (unpaired) electrons. The molecule has 0 amide bonds. The molecule has 1 aromatic carbocycles. The lowest BCUT2D eigenvalue weighted by molar-refractivity contribution is -0.402. The smallest absolute Gasteiger partial charge is 0.404 e. The molecule has 0 aliphatic heterocycles. The van der Waals surface area contributed by atoms with Crippen LogP contribution in [-0.2, 0) is 6.54 Å². The van der Waals surface area contributed by atoms with E-state index >= 15 is 0 Å². The first kappa shape index (κ1) is 13.3. The number of nitro groups is 1. The minimum Gasteiger partial charge on any atom is -0.404 e. The third kappa shape index (κ3) is 3.42. The third-order valence-corrected chi connectivity index (χ3v) is 2.95. The molecule has 2 aromatic rings. The largest absolute Gasteiger partial charge is 0.433 e. The molecule has 0 saturated carbocycles. The zero-order valence-corrected chi connectivity index (χ0v) is 10.9. The zero-order chi connectivity index (χ0) is 13.8. The standard InChI is InChI=1S/C14H16N2O3/c1-10-4-3-5-12(8-10)11(2)15-9-13-6-7-14(19-13)16(17)18/h3-8,11,15H,9H2,1-2H3/t11-/m1/s1. The summed E-state index contributed by atoms with van der Waals surface area (Å²) >= 11 is 0. The minimum atomic E-state index is -0.534. The molecule has 0 bridgehead atoms. The predicted molar refractivity (Wildman–Crippen MR) is 71.8 cm³/mol. The van der Waals surface area contributed by atoms with Gasteiger partial charge in [-0.2, -0.15) is 0 Å². The molecule has 100 valence electrons. The van der Waals surface area contributed by atoms with E-state index in [1.165, 1.54) is 17.2 Å². The monoisotopic (exact) mass is 260 g/mol. The van der Waals surface area contributed by atoms with Gasteiger partial charge < -0.3 is 9.73 Å². The first-order valence-corrected chi connectivity index (χ1v) is 6.09. The molecule has 0 saturated heterocycles. The topological polar surface area (TPSA) is 68.3 Å². The Morgan fingerprint density at radius 1 is 1.37 bits per heavy atom. The Hall–Kier alpha value is -2.14. The van der Waals surface area contributed by atoms with E-state index < -0.39 is 4.92 Å². The van der Waals surface area contributed by atoms with Crippen molar-refractivity contribution in [3.8, 4) is 0 Å².